The van der Waals surface area contributed by atoms with Gasteiger partial charge in [-0.15, -0.1) is 0 Å². The van der Waals surface area contributed by atoms with Crippen LogP contribution in [-0.2, 0) is 9.59 Å². The molecule has 2 amide bonds. The number of anilines is 3. The quantitative estimate of drug-likeness (QED) is 0.756. The fourth-order valence-corrected chi connectivity index (χ4v) is 2.72. The Bertz CT molecular complexity index is 699. The molecule has 0 atom stereocenters. The Morgan fingerprint density at radius 3 is 2.05 bits per heavy atom. The van der Waals surface area contributed by atoms with Gasteiger partial charge in [-0.1, -0.05) is 11.8 Å². The van der Waals surface area contributed by atoms with Crippen LogP contribution in [0.25, 0.3) is 0 Å². The van der Waals surface area contributed by atoms with Gasteiger partial charge in [-0.3, -0.25) is 9.59 Å². The Labute approximate surface area is 133 Å². The van der Waals surface area contributed by atoms with E-state index in [1.807, 2.05) is 36.4 Å². The number of amides is 2. The second-order valence-electron chi connectivity index (χ2n) is 4.74. The van der Waals surface area contributed by atoms with Gasteiger partial charge in [0.15, 0.2) is 0 Å². The summed E-state index contributed by atoms with van der Waals surface area (Å²) in [4.78, 5) is 24.0. The maximum absolute atomic E-state index is 11.0. The van der Waals surface area contributed by atoms with Crippen LogP contribution in [-0.4, -0.2) is 11.8 Å². The first kappa shape index (κ1) is 15.9. The van der Waals surface area contributed by atoms with E-state index < -0.39 is 0 Å². The van der Waals surface area contributed by atoms with Gasteiger partial charge in [0, 0.05) is 29.3 Å². The minimum atomic E-state index is -0.152. The van der Waals surface area contributed by atoms with Crippen molar-refractivity contribution in [1.29, 1.82) is 0 Å². The lowest BCUT2D eigenvalue weighted by molar-refractivity contribution is -0.115. The topological polar surface area (TPSA) is 84.2 Å². The average Bonchev–Trinajstić information content (AvgIpc) is 2.43. The standard InChI is InChI=1S/C16H17N3O2S/c1-10(20)18-12-3-5-13(6-4-12)22-14-7-8-16(15(17)9-14)19-11(2)21/h3-9H,17H2,1-2H3,(H,18,20)(H,19,21). The number of rotatable bonds is 4. The van der Waals surface area contributed by atoms with Gasteiger partial charge in [-0.05, 0) is 42.5 Å². The van der Waals surface area contributed by atoms with Gasteiger partial charge >= 0.3 is 0 Å². The van der Waals surface area contributed by atoms with E-state index in [0.717, 1.165) is 15.5 Å². The number of nitrogens with one attached hydrogen (secondary N) is 2. The van der Waals surface area contributed by atoms with Crippen molar-refractivity contribution in [2.45, 2.75) is 23.6 Å². The molecule has 0 unspecified atom stereocenters. The maximum Gasteiger partial charge on any atom is 0.221 e. The number of carbonyl (C=O) groups is 2. The number of carbonyl (C=O) groups excluding carboxylic acids is 2. The Hall–Kier alpha value is -2.47. The molecule has 6 heteroatoms. The first-order valence-corrected chi connectivity index (χ1v) is 7.48. The molecule has 0 radical (unpaired) electrons. The Kier molecular flexibility index (Phi) is 5.06. The molecular formula is C16H17N3O2S. The van der Waals surface area contributed by atoms with Crippen molar-refractivity contribution >= 4 is 40.6 Å². The lowest BCUT2D eigenvalue weighted by Crippen LogP contribution is -2.07. The zero-order valence-corrected chi connectivity index (χ0v) is 13.2. The van der Waals surface area contributed by atoms with Gasteiger partial charge in [0.2, 0.25) is 11.8 Å². The number of benzene rings is 2. The molecule has 2 rings (SSSR count). The van der Waals surface area contributed by atoms with Gasteiger partial charge in [0.05, 0.1) is 11.4 Å². The van der Waals surface area contributed by atoms with Crippen LogP contribution in [0, 0.1) is 0 Å². The van der Waals surface area contributed by atoms with Gasteiger partial charge in [-0.2, -0.15) is 0 Å². The third-order valence-corrected chi connectivity index (χ3v) is 3.74. The van der Waals surface area contributed by atoms with Crippen LogP contribution in [0.1, 0.15) is 13.8 Å². The summed E-state index contributed by atoms with van der Waals surface area (Å²) in [7, 11) is 0. The van der Waals surface area contributed by atoms with E-state index >= 15 is 0 Å². The number of hydrogen-bond acceptors (Lipinski definition) is 4. The molecule has 0 bridgehead atoms. The molecule has 2 aromatic rings. The molecule has 0 saturated heterocycles. The van der Waals surface area contributed by atoms with Gasteiger partial charge in [-0.25, -0.2) is 0 Å². The number of hydrogen-bond donors (Lipinski definition) is 3. The Morgan fingerprint density at radius 1 is 0.909 bits per heavy atom. The molecule has 0 fully saturated rings. The summed E-state index contributed by atoms with van der Waals surface area (Å²) >= 11 is 1.55. The molecule has 0 aliphatic heterocycles. The van der Waals surface area contributed by atoms with Crippen molar-refractivity contribution in [3.05, 3.63) is 42.5 Å². The molecule has 0 heterocycles. The van der Waals surface area contributed by atoms with Crippen molar-refractivity contribution in [2.24, 2.45) is 0 Å². The molecule has 0 aliphatic carbocycles. The third-order valence-electron chi connectivity index (χ3n) is 2.74. The van der Waals surface area contributed by atoms with E-state index in [2.05, 4.69) is 10.6 Å². The lowest BCUT2D eigenvalue weighted by atomic mass is 10.2. The normalized spacial score (nSPS) is 10.1. The molecule has 22 heavy (non-hydrogen) atoms. The van der Waals surface area contributed by atoms with Crippen LogP contribution >= 0.6 is 11.8 Å². The summed E-state index contributed by atoms with van der Waals surface area (Å²) in [5, 5.41) is 5.40. The number of nitrogen functional groups attached to an aromatic ring is 1. The molecule has 2 aromatic carbocycles. The van der Waals surface area contributed by atoms with E-state index in [1.165, 1.54) is 13.8 Å². The zero-order chi connectivity index (χ0) is 16.1. The second kappa shape index (κ2) is 7.00. The van der Waals surface area contributed by atoms with Crippen molar-refractivity contribution in [3.63, 3.8) is 0 Å². The molecule has 0 spiro atoms. The third kappa shape index (κ3) is 4.53. The maximum atomic E-state index is 11.0. The second-order valence-corrected chi connectivity index (χ2v) is 5.88. The van der Waals surface area contributed by atoms with Crippen LogP contribution in [0.3, 0.4) is 0 Å². The van der Waals surface area contributed by atoms with E-state index in [4.69, 9.17) is 5.73 Å². The molecule has 5 nitrogen and oxygen atoms in total. The average molecular weight is 315 g/mol. The van der Waals surface area contributed by atoms with Crippen LogP contribution in [0.15, 0.2) is 52.3 Å². The summed E-state index contributed by atoms with van der Waals surface area (Å²) in [5.74, 6) is -0.248. The van der Waals surface area contributed by atoms with Crippen LogP contribution < -0.4 is 16.4 Å². The van der Waals surface area contributed by atoms with Gasteiger partial charge in [0.25, 0.3) is 0 Å². The van der Waals surface area contributed by atoms with E-state index in [-0.39, 0.29) is 11.8 Å². The summed E-state index contributed by atoms with van der Waals surface area (Å²) in [6.07, 6.45) is 0. The van der Waals surface area contributed by atoms with Crippen molar-refractivity contribution in [1.82, 2.24) is 0 Å². The van der Waals surface area contributed by atoms with Gasteiger partial charge in [0.1, 0.15) is 0 Å². The van der Waals surface area contributed by atoms with Crippen LogP contribution in [0.2, 0.25) is 0 Å². The first-order chi connectivity index (χ1) is 10.4. The SMILES string of the molecule is CC(=O)Nc1ccc(Sc2ccc(NC(C)=O)c(N)c2)cc1. The zero-order valence-electron chi connectivity index (χ0n) is 12.3. The highest BCUT2D eigenvalue weighted by molar-refractivity contribution is 7.99. The van der Waals surface area contributed by atoms with E-state index in [1.54, 1.807) is 17.8 Å². The highest BCUT2D eigenvalue weighted by Gasteiger charge is 2.04. The molecule has 4 N–H and O–H groups in total. The number of nitrogens with two attached hydrogens (primary N) is 1. The van der Waals surface area contributed by atoms with Crippen LogP contribution in [0.5, 0.6) is 0 Å². The Balaban J connectivity index is 2.08. The van der Waals surface area contributed by atoms with Crippen molar-refractivity contribution < 1.29 is 9.59 Å². The molecule has 0 aliphatic rings. The largest absolute Gasteiger partial charge is 0.397 e. The van der Waals surface area contributed by atoms with Gasteiger partial charge < -0.3 is 16.4 Å². The molecular weight excluding hydrogens is 298 g/mol. The first-order valence-electron chi connectivity index (χ1n) is 6.66. The monoisotopic (exact) mass is 315 g/mol. The summed E-state index contributed by atoms with van der Waals surface area (Å²) < 4.78 is 0. The summed E-state index contributed by atoms with van der Waals surface area (Å²) in [5.41, 5.74) is 7.82. The van der Waals surface area contributed by atoms with E-state index in [9.17, 15) is 9.59 Å². The highest BCUT2D eigenvalue weighted by Crippen LogP contribution is 2.32. The summed E-state index contributed by atoms with van der Waals surface area (Å²) in [6.45, 7) is 2.92. The lowest BCUT2D eigenvalue weighted by Gasteiger charge is -2.09. The molecule has 0 saturated carbocycles. The summed E-state index contributed by atoms with van der Waals surface area (Å²) in [6, 6.07) is 13.0. The van der Waals surface area contributed by atoms with Crippen molar-refractivity contribution in [3.8, 4) is 0 Å². The fraction of sp³-hybridized carbons (Fsp3) is 0.125. The minimum absolute atomic E-state index is 0.0956. The molecule has 0 aromatic heterocycles. The highest BCUT2D eigenvalue weighted by atomic mass is 32.2. The minimum Gasteiger partial charge on any atom is -0.397 e. The van der Waals surface area contributed by atoms with E-state index in [0.29, 0.717) is 11.4 Å². The van der Waals surface area contributed by atoms with Crippen molar-refractivity contribution in [2.75, 3.05) is 16.4 Å². The van der Waals surface area contributed by atoms with Crippen LogP contribution in [0.4, 0.5) is 17.1 Å². The fourth-order valence-electron chi connectivity index (χ4n) is 1.85. The predicted molar refractivity (Wildman–Crippen MR) is 90.0 cm³/mol. The Morgan fingerprint density at radius 2 is 1.50 bits per heavy atom. The smallest absolute Gasteiger partial charge is 0.221 e. The predicted octanol–water partition coefficient (Wildman–Crippen LogP) is 3.34. The molecule has 114 valence electrons.